The molecule has 0 radical (unpaired) electrons. The highest BCUT2D eigenvalue weighted by Crippen LogP contribution is 2.39. The van der Waals surface area contributed by atoms with Crippen LogP contribution in [0.1, 0.15) is 40.7 Å². The summed E-state index contributed by atoms with van der Waals surface area (Å²) in [7, 11) is 1.42. The zero-order valence-corrected chi connectivity index (χ0v) is 23.7. The van der Waals surface area contributed by atoms with E-state index in [0.717, 1.165) is 6.92 Å². The quantitative estimate of drug-likeness (QED) is 0.208. The molecule has 0 N–H and O–H groups in total. The highest BCUT2D eigenvalue weighted by Gasteiger charge is 2.30. The molecular weight excluding hydrogens is 575 g/mol. The van der Waals surface area contributed by atoms with Gasteiger partial charge in [0.1, 0.15) is 39.3 Å². The van der Waals surface area contributed by atoms with Gasteiger partial charge in [0.2, 0.25) is 0 Å². The van der Waals surface area contributed by atoms with E-state index in [1.165, 1.54) is 36.9 Å². The van der Waals surface area contributed by atoms with Crippen molar-refractivity contribution in [1.82, 2.24) is 34.7 Å². The van der Waals surface area contributed by atoms with Crippen molar-refractivity contribution in [2.75, 3.05) is 7.11 Å². The van der Waals surface area contributed by atoms with E-state index in [9.17, 15) is 8.78 Å². The van der Waals surface area contributed by atoms with Gasteiger partial charge in [-0.25, -0.2) is 33.1 Å². The molecule has 2 aliphatic heterocycles. The number of alkyl halides is 2. The molecule has 43 heavy (non-hydrogen) atoms. The van der Waals surface area contributed by atoms with Crippen molar-refractivity contribution in [2.45, 2.75) is 25.8 Å². The molecule has 3 aromatic rings. The van der Waals surface area contributed by atoms with Gasteiger partial charge in [0.15, 0.2) is 0 Å². The summed E-state index contributed by atoms with van der Waals surface area (Å²) >= 11 is 1.20. The third-order valence-corrected chi connectivity index (χ3v) is 7.45. The maximum Gasteiger partial charge on any atom is 0.271 e. The van der Waals surface area contributed by atoms with Gasteiger partial charge in [-0.2, -0.15) is 0 Å². The van der Waals surface area contributed by atoms with Crippen molar-refractivity contribution in [1.29, 1.82) is 0 Å². The summed E-state index contributed by atoms with van der Waals surface area (Å²) in [6.45, 7) is 1.10. The zero-order valence-electron chi connectivity index (χ0n) is 22.9. The van der Waals surface area contributed by atoms with Crippen LogP contribution in [0.5, 0.6) is 5.75 Å². The first kappa shape index (κ1) is 28.0. The second-order valence-electron chi connectivity index (χ2n) is 9.60. The highest BCUT2D eigenvalue weighted by molar-refractivity contribution is 7.14. The van der Waals surface area contributed by atoms with E-state index in [1.54, 1.807) is 53.8 Å². The number of benzene rings is 1. The number of rotatable bonds is 6. The first-order chi connectivity index (χ1) is 20.8. The third kappa shape index (κ3) is 5.93. The zero-order chi connectivity index (χ0) is 30.0. The van der Waals surface area contributed by atoms with Gasteiger partial charge >= 0.3 is 0 Å². The lowest BCUT2D eigenvalue weighted by Gasteiger charge is -2.15. The number of hydrogen-bond acceptors (Lipinski definition) is 8. The maximum absolute atomic E-state index is 15.1. The van der Waals surface area contributed by atoms with Crippen molar-refractivity contribution < 1.29 is 17.9 Å². The molecule has 8 nitrogen and oxygen atoms in total. The Morgan fingerprint density at radius 2 is 1.88 bits per heavy atom. The fourth-order valence-corrected chi connectivity index (χ4v) is 5.38. The van der Waals surface area contributed by atoms with E-state index < -0.39 is 11.7 Å². The normalized spacial score (nSPS) is 13.2. The smallest absolute Gasteiger partial charge is 0.271 e. The largest absolute Gasteiger partial charge is 0.497 e. The Morgan fingerprint density at radius 3 is 2.67 bits per heavy atom. The number of fused-ring (bicyclic) bond motifs is 1. The van der Waals surface area contributed by atoms with Crippen LogP contribution in [-0.2, 0) is 12.5 Å². The molecule has 12 heteroatoms. The van der Waals surface area contributed by atoms with E-state index in [2.05, 4.69) is 37.0 Å². The van der Waals surface area contributed by atoms with Crippen LogP contribution in [0, 0.1) is 11.8 Å². The lowest BCUT2D eigenvalue weighted by molar-refractivity contribution is 0.0179. The Balaban J connectivity index is 1.37. The summed E-state index contributed by atoms with van der Waals surface area (Å²) in [5.41, 5.74) is 2.84. The standard InChI is InChI=1S/C31H22F3N7OS/c1-31(33,34)24-12-20(42-2)9-11-21(24)30-40-39-27(43-30)16-41-15-26-29(37-18-41)23(10-8-19-13-35-17-36-14-19)28(38-26)22-6-4-3-5-7-25(22)32/h4-7,9,11-15,17-18H,3,16H2,1-2H3. The van der Waals surface area contributed by atoms with Gasteiger partial charge in [0.25, 0.3) is 5.92 Å². The van der Waals surface area contributed by atoms with Gasteiger partial charge in [-0.15, -0.1) is 10.2 Å². The average Bonchev–Trinajstić information content (AvgIpc) is 3.54. The Kier molecular flexibility index (Phi) is 7.56. The van der Waals surface area contributed by atoms with E-state index in [1.807, 2.05) is 6.08 Å². The SMILES string of the molecule is COc1ccc(-c2nnc(Cn3cnc4c(C#Cc5cncnc5)c(C5=C(F)C=CCC=C5)nc-4c3)s2)c(C(C)(F)F)c1. The molecule has 2 aromatic heterocycles. The molecule has 4 heterocycles. The molecular formula is C31H22F3N7OS. The first-order valence-corrected chi connectivity index (χ1v) is 13.9. The van der Waals surface area contributed by atoms with Crippen molar-refractivity contribution in [3.05, 3.63) is 107 Å². The monoisotopic (exact) mass is 597 g/mol. The molecule has 0 spiro atoms. The molecule has 6 rings (SSSR count). The van der Waals surface area contributed by atoms with E-state index in [0.29, 0.717) is 56.0 Å². The molecule has 0 amide bonds. The predicted molar refractivity (Wildman–Crippen MR) is 156 cm³/mol. The fourth-order valence-electron chi connectivity index (χ4n) is 4.49. The van der Waals surface area contributed by atoms with E-state index in [4.69, 9.17) is 9.72 Å². The summed E-state index contributed by atoms with van der Waals surface area (Å²) in [6.07, 6.45) is 15.2. The maximum atomic E-state index is 15.1. The van der Waals surface area contributed by atoms with Gasteiger partial charge in [-0.05, 0) is 30.7 Å². The fraction of sp³-hybridized carbons (Fsp3) is 0.161. The van der Waals surface area contributed by atoms with Gasteiger partial charge < -0.3 is 9.30 Å². The van der Waals surface area contributed by atoms with Crippen LogP contribution < -0.4 is 4.74 Å². The van der Waals surface area contributed by atoms with Crippen molar-refractivity contribution in [2.24, 2.45) is 0 Å². The summed E-state index contributed by atoms with van der Waals surface area (Å²) in [6, 6.07) is 4.48. The molecule has 0 saturated heterocycles. The van der Waals surface area contributed by atoms with Crippen molar-refractivity contribution in [3.63, 3.8) is 0 Å². The number of ether oxygens (including phenoxy) is 1. The van der Waals surface area contributed by atoms with Crippen LogP contribution in [0.2, 0.25) is 0 Å². The molecule has 214 valence electrons. The number of methoxy groups -OCH3 is 1. The van der Waals surface area contributed by atoms with Crippen LogP contribution in [0.25, 0.3) is 27.5 Å². The minimum Gasteiger partial charge on any atom is -0.497 e. The Morgan fingerprint density at radius 1 is 1.07 bits per heavy atom. The minimum atomic E-state index is -3.11. The Hall–Kier alpha value is -5.15. The van der Waals surface area contributed by atoms with Crippen LogP contribution in [0.15, 0.2) is 79.6 Å². The molecule has 1 aliphatic carbocycles. The van der Waals surface area contributed by atoms with Crippen molar-refractivity contribution >= 4 is 16.9 Å². The molecule has 0 saturated carbocycles. The van der Waals surface area contributed by atoms with Crippen molar-refractivity contribution in [3.8, 4) is 39.5 Å². The van der Waals surface area contributed by atoms with E-state index in [-0.39, 0.29) is 17.7 Å². The second kappa shape index (κ2) is 11.6. The molecule has 0 fully saturated rings. The Bertz CT molecular complexity index is 1930. The number of nitrogens with zero attached hydrogens (tertiary/aromatic N) is 7. The lowest BCUT2D eigenvalue weighted by Crippen LogP contribution is -2.09. The number of allylic oxidation sites excluding steroid dienone is 6. The van der Waals surface area contributed by atoms with Crippen LogP contribution >= 0.6 is 11.3 Å². The molecule has 0 bridgehead atoms. The molecule has 3 aliphatic rings. The van der Waals surface area contributed by atoms with Gasteiger partial charge in [-0.1, -0.05) is 41.4 Å². The number of aromatic nitrogens is 7. The van der Waals surface area contributed by atoms with Crippen LogP contribution in [0.4, 0.5) is 13.2 Å². The summed E-state index contributed by atoms with van der Waals surface area (Å²) in [5.74, 6) is 2.91. The minimum absolute atomic E-state index is 0.196. The summed E-state index contributed by atoms with van der Waals surface area (Å²) in [5, 5.41) is 9.34. The topological polar surface area (TPSA) is 91.5 Å². The third-order valence-electron chi connectivity index (χ3n) is 6.51. The van der Waals surface area contributed by atoms with Gasteiger partial charge in [0, 0.05) is 42.2 Å². The highest BCUT2D eigenvalue weighted by atomic mass is 32.1. The molecule has 0 atom stereocenters. The number of halogens is 3. The lowest BCUT2D eigenvalue weighted by atomic mass is 10.0. The molecule has 1 aromatic carbocycles. The second-order valence-corrected chi connectivity index (χ2v) is 10.7. The van der Waals surface area contributed by atoms with Crippen LogP contribution in [-0.4, -0.2) is 41.8 Å². The van der Waals surface area contributed by atoms with Gasteiger partial charge in [0.05, 0.1) is 36.8 Å². The first-order valence-electron chi connectivity index (χ1n) is 13.0. The Labute approximate surface area is 248 Å². The predicted octanol–water partition coefficient (Wildman–Crippen LogP) is 6.46. The van der Waals surface area contributed by atoms with Gasteiger partial charge in [-0.3, -0.25) is 0 Å². The number of hydrogen-bond donors (Lipinski definition) is 0. The average molecular weight is 598 g/mol. The van der Waals surface area contributed by atoms with E-state index >= 15 is 4.39 Å². The summed E-state index contributed by atoms with van der Waals surface area (Å²) in [4.78, 5) is 17.3. The summed E-state index contributed by atoms with van der Waals surface area (Å²) < 4.78 is 50.8. The molecule has 0 unspecified atom stereocenters. The van der Waals surface area contributed by atoms with Crippen LogP contribution in [0.3, 0.4) is 0 Å².